The van der Waals surface area contributed by atoms with Gasteiger partial charge in [-0.2, -0.15) is 0 Å². The van der Waals surface area contributed by atoms with Crippen LogP contribution in [0.1, 0.15) is 26.5 Å². The maximum atomic E-state index is 12.1. The van der Waals surface area contributed by atoms with Crippen molar-refractivity contribution in [1.29, 1.82) is 0 Å². The van der Waals surface area contributed by atoms with E-state index in [1.54, 1.807) is 18.2 Å². The van der Waals surface area contributed by atoms with Crippen LogP contribution in [0.4, 0.5) is 0 Å². The first kappa shape index (κ1) is 18.4. The highest BCUT2D eigenvalue weighted by Gasteiger charge is 2.18. The van der Waals surface area contributed by atoms with Crippen molar-refractivity contribution in [2.75, 3.05) is 12.4 Å². The second kappa shape index (κ2) is 7.72. The zero-order valence-electron chi connectivity index (χ0n) is 13.4. The Kier molecular flexibility index (Phi) is 5.90. The maximum Gasteiger partial charge on any atom is 0.307 e. The van der Waals surface area contributed by atoms with Gasteiger partial charge in [-0.25, -0.2) is 8.42 Å². The third kappa shape index (κ3) is 5.01. The smallest absolute Gasteiger partial charge is 0.307 e. The van der Waals surface area contributed by atoms with E-state index in [-0.39, 0.29) is 29.5 Å². The number of rotatable bonds is 7. The number of aryl methyl sites for hydroxylation is 2. The van der Waals surface area contributed by atoms with E-state index in [4.69, 9.17) is 4.74 Å². The first-order valence-electron chi connectivity index (χ1n) is 7.32. The topological polar surface area (TPSA) is 77.5 Å². The molecule has 0 amide bonds. The van der Waals surface area contributed by atoms with Crippen LogP contribution in [0.5, 0.6) is 0 Å². The van der Waals surface area contributed by atoms with Crippen LogP contribution in [-0.4, -0.2) is 32.5 Å². The minimum Gasteiger partial charge on any atom is -0.457 e. The molecule has 5 nitrogen and oxygen atoms in total. The van der Waals surface area contributed by atoms with Crippen molar-refractivity contribution in [3.63, 3.8) is 0 Å². The van der Waals surface area contributed by atoms with E-state index < -0.39 is 15.8 Å². The monoisotopic (exact) mass is 366 g/mol. The molecule has 0 spiro atoms. The highest BCUT2D eigenvalue weighted by molar-refractivity contribution is 7.91. The summed E-state index contributed by atoms with van der Waals surface area (Å²) < 4.78 is 29.1. The van der Waals surface area contributed by atoms with Crippen LogP contribution in [0, 0.1) is 13.8 Å². The van der Waals surface area contributed by atoms with Crippen LogP contribution in [0.3, 0.4) is 0 Å². The van der Waals surface area contributed by atoms with Crippen molar-refractivity contribution in [1.82, 2.24) is 0 Å². The number of ketones is 1. The molecule has 1 heterocycles. The van der Waals surface area contributed by atoms with Gasteiger partial charge in [-0.05, 0) is 38.1 Å². The lowest BCUT2D eigenvalue weighted by Gasteiger charge is -2.05. The van der Waals surface area contributed by atoms with Gasteiger partial charge >= 0.3 is 5.97 Å². The van der Waals surface area contributed by atoms with Crippen molar-refractivity contribution in [3.05, 3.63) is 51.7 Å². The summed E-state index contributed by atoms with van der Waals surface area (Å²) >= 11 is 1.33. The maximum absolute atomic E-state index is 12.1. The van der Waals surface area contributed by atoms with Gasteiger partial charge in [0.05, 0.1) is 21.9 Å². The molecule has 2 rings (SSSR count). The van der Waals surface area contributed by atoms with Crippen LogP contribution in [0.2, 0.25) is 0 Å². The molecule has 0 radical (unpaired) electrons. The molecule has 0 atom stereocenters. The number of Topliss-reactive ketones (excluding diaryl/α,β-unsaturated/α-hetero) is 1. The molecule has 0 aliphatic carbocycles. The number of hydrogen-bond donors (Lipinski definition) is 0. The number of esters is 1. The van der Waals surface area contributed by atoms with E-state index in [0.29, 0.717) is 4.88 Å². The molecule has 0 unspecified atom stereocenters. The molecule has 0 N–H and O–H groups in total. The SMILES string of the molecule is Cc1ccc(S(=O)(=O)CCC(=O)OCC(=O)c2ccc(C)s2)cc1. The summed E-state index contributed by atoms with van der Waals surface area (Å²) in [6.07, 6.45) is -0.285. The van der Waals surface area contributed by atoms with Crippen molar-refractivity contribution in [2.45, 2.75) is 25.2 Å². The molecule has 0 saturated carbocycles. The fourth-order valence-electron chi connectivity index (χ4n) is 1.95. The third-order valence-corrected chi connectivity index (χ3v) is 6.11. The standard InChI is InChI=1S/C17H18O5S2/c1-12-3-6-14(7-4-12)24(20,21)10-9-17(19)22-11-15(18)16-8-5-13(2)23-16/h3-8H,9-11H2,1-2H3. The lowest BCUT2D eigenvalue weighted by Crippen LogP contribution is -2.17. The molecule has 0 saturated heterocycles. The average Bonchev–Trinajstić information content (AvgIpc) is 2.98. The van der Waals surface area contributed by atoms with Crippen molar-refractivity contribution in [2.24, 2.45) is 0 Å². The van der Waals surface area contributed by atoms with Gasteiger partial charge in [0, 0.05) is 4.88 Å². The Labute approximate surface area is 145 Å². The summed E-state index contributed by atoms with van der Waals surface area (Å²) in [5.74, 6) is -1.34. The number of carbonyl (C=O) groups excluding carboxylic acids is 2. The number of hydrogen-bond acceptors (Lipinski definition) is 6. The summed E-state index contributed by atoms with van der Waals surface area (Å²) in [7, 11) is -3.54. The van der Waals surface area contributed by atoms with Gasteiger partial charge in [0.15, 0.2) is 16.4 Å². The number of benzene rings is 1. The van der Waals surface area contributed by atoms with E-state index in [1.807, 2.05) is 19.9 Å². The lowest BCUT2D eigenvalue weighted by molar-refractivity contribution is -0.142. The Bertz CT molecular complexity index is 832. The molecule has 0 aliphatic heterocycles. The first-order chi connectivity index (χ1) is 11.3. The molecule has 7 heteroatoms. The Hall–Kier alpha value is -1.99. The second-order valence-electron chi connectivity index (χ2n) is 5.38. The Balaban J connectivity index is 1.84. The van der Waals surface area contributed by atoms with Crippen molar-refractivity contribution < 1.29 is 22.7 Å². The number of carbonyl (C=O) groups is 2. The van der Waals surface area contributed by atoms with Gasteiger partial charge in [-0.1, -0.05) is 17.7 Å². The zero-order valence-corrected chi connectivity index (χ0v) is 15.1. The second-order valence-corrected chi connectivity index (χ2v) is 8.77. The summed E-state index contributed by atoms with van der Waals surface area (Å²) in [5, 5.41) is 0. The lowest BCUT2D eigenvalue weighted by atomic mass is 10.2. The fraction of sp³-hybridized carbons (Fsp3) is 0.294. The summed E-state index contributed by atoms with van der Waals surface area (Å²) in [6.45, 7) is 3.37. The molecule has 0 bridgehead atoms. The van der Waals surface area contributed by atoms with Crippen molar-refractivity contribution in [3.8, 4) is 0 Å². The molecule has 0 aliphatic rings. The summed E-state index contributed by atoms with van der Waals surface area (Å²) in [5.41, 5.74) is 0.954. The van der Waals surface area contributed by atoms with Gasteiger partial charge in [0.25, 0.3) is 0 Å². The molecule has 128 valence electrons. The third-order valence-electron chi connectivity index (χ3n) is 3.33. The molecule has 1 aromatic heterocycles. The predicted octanol–water partition coefficient (Wildman–Crippen LogP) is 2.95. The van der Waals surface area contributed by atoms with Crippen LogP contribution in [-0.2, 0) is 19.4 Å². The van der Waals surface area contributed by atoms with Crippen LogP contribution in [0.15, 0.2) is 41.3 Å². The Morgan fingerprint density at radius 1 is 1.04 bits per heavy atom. The molecular weight excluding hydrogens is 348 g/mol. The van der Waals surface area contributed by atoms with Gasteiger partial charge in [-0.3, -0.25) is 9.59 Å². The number of thiophene rings is 1. The summed E-state index contributed by atoms with van der Waals surface area (Å²) in [6, 6.07) is 9.92. The Morgan fingerprint density at radius 3 is 2.29 bits per heavy atom. The van der Waals surface area contributed by atoms with Crippen LogP contribution >= 0.6 is 11.3 Å². The van der Waals surface area contributed by atoms with Crippen LogP contribution < -0.4 is 0 Å². The van der Waals surface area contributed by atoms with Crippen LogP contribution in [0.25, 0.3) is 0 Å². The summed E-state index contributed by atoms with van der Waals surface area (Å²) in [4.78, 5) is 25.2. The van der Waals surface area contributed by atoms with E-state index >= 15 is 0 Å². The quantitative estimate of drug-likeness (QED) is 0.556. The van der Waals surface area contributed by atoms with Gasteiger partial charge < -0.3 is 4.74 Å². The van der Waals surface area contributed by atoms with Gasteiger partial charge in [0.2, 0.25) is 5.78 Å². The van der Waals surface area contributed by atoms with E-state index in [0.717, 1.165) is 10.4 Å². The van der Waals surface area contributed by atoms with Crippen molar-refractivity contribution >= 4 is 32.9 Å². The molecule has 1 aromatic carbocycles. The highest BCUT2D eigenvalue weighted by Crippen LogP contribution is 2.16. The highest BCUT2D eigenvalue weighted by atomic mass is 32.2. The van der Waals surface area contributed by atoms with E-state index in [2.05, 4.69) is 0 Å². The minimum absolute atomic E-state index is 0.172. The number of sulfone groups is 1. The first-order valence-corrected chi connectivity index (χ1v) is 9.79. The van der Waals surface area contributed by atoms with Gasteiger partial charge in [0.1, 0.15) is 0 Å². The molecular formula is C17H18O5S2. The fourth-order valence-corrected chi connectivity index (χ4v) is 3.97. The zero-order chi connectivity index (χ0) is 17.7. The number of ether oxygens (including phenoxy) is 1. The largest absolute Gasteiger partial charge is 0.457 e. The normalized spacial score (nSPS) is 11.2. The molecule has 24 heavy (non-hydrogen) atoms. The molecule has 0 fully saturated rings. The average molecular weight is 366 g/mol. The van der Waals surface area contributed by atoms with Gasteiger partial charge in [-0.15, -0.1) is 11.3 Å². The minimum atomic E-state index is -3.54. The Morgan fingerprint density at radius 2 is 1.71 bits per heavy atom. The van der Waals surface area contributed by atoms with E-state index in [9.17, 15) is 18.0 Å². The molecule has 2 aromatic rings. The van der Waals surface area contributed by atoms with E-state index in [1.165, 1.54) is 23.5 Å². The predicted molar refractivity (Wildman–Crippen MR) is 92.2 cm³/mol.